The van der Waals surface area contributed by atoms with Crippen molar-refractivity contribution in [2.45, 2.75) is 13.3 Å². The zero-order chi connectivity index (χ0) is 20.3. The molecule has 5 rings (SSSR count). The third-order valence-corrected chi connectivity index (χ3v) is 6.76. The predicted octanol–water partition coefficient (Wildman–Crippen LogP) is 4.21. The Hall–Kier alpha value is -2.92. The highest BCUT2D eigenvalue weighted by Gasteiger charge is 2.59. The van der Waals surface area contributed by atoms with Crippen LogP contribution in [0.25, 0.3) is 0 Å². The van der Waals surface area contributed by atoms with Crippen molar-refractivity contribution < 1.29 is 14.4 Å². The molecule has 2 aliphatic carbocycles. The van der Waals surface area contributed by atoms with Crippen LogP contribution in [0.1, 0.15) is 22.3 Å². The molecule has 146 valence electrons. The Bertz CT molecular complexity index is 1060. The molecular weight excluding hydrogens is 388 g/mol. The largest absolute Gasteiger partial charge is 0.322 e. The molecule has 1 aliphatic heterocycles. The SMILES string of the molecule is Cc1c(Cl)cccc1NC(=O)c1cccc(N2C(=O)[C@@H]3[C@H](C2=O)[C@@H]2C=C[C@H]3C2)c1. The number of carbonyl (C=O) groups excluding carboxylic acids is 3. The van der Waals surface area contributed by atoms with Gasteiger partial charge in [0.2, 0.25) is 11.8 Å². The van der Waals surface area contributed by atoms with Crippen molar-refractivity contribution in [1.82, 2.24) is 0 Å². The van der Waals surface area contributed by atoms with Crippen LogP contribution < -0.4 is 10.2 Å². The van der Waals surface area contributed by atoms with E-state index in [4.69, 9.17) is 11.6 Å². The van der Waals surface area contributed by atoms with Gasteiger partial charge in [-0.15, -0.1) is 0 Å². The average Bonchev–Trinajstić information content (AvgIpc) is 3.39. The molecule has 1 saturated heterocycles. The van der Waals surface area contributed by atoms with E-state index in [1.807, 2.05) is 6.92 Å². The fourth-order valence-corrected chi connectivity index (χ4v) is 5.05. The summed E-state index contributed by atoms with van der Waals surface area (Å²) in [7, 11) is 0. The molecule has 6 heteroatoms. The summed E-state index contributed by atoms with van der Waals surface area (Å²) < 4.78 is 0. The van der Waals surface area contributed by atoms with Gasteiger partial charge < -0.3 is 5.32 Å². The van der Waals surface area contributed by atoms with Gasteiger partial charge in [0.15, 0.2) is 0 Å². The number of imide groups is 1. The Morgan fingerprint density at radius 3 is 2.38 bits per heavy atom. The Morgan fingerprint density at radius 2 is 1.69 bits per heavy atom. The summed E-state index contributed by atoms with van der Waals surface area (Å²) in [6.07, 6.45) is 5.03. The Balaban J connectivity index is 1.42. The van der Waals surface area contributed by atoms with E-state index in [1.54, 1.807) is 42.5 Å². The molecule has 1 N–H and O–H groups in total. The smallest absolute Gasteiger partial charge is 0.255 e. The number of nitrogens with zero attached hydrogens (tertiary/aromatic N) is 1. The molecule has 0 spiro atoms. The summed E-state index contributed by atoms with van der Waals surface area (Å²) in [5, 5.41) is 3.42. The molecule has 3 aliphatic rings. The quantitative estimate of drug-likeness (QED) is 0.613. The molecule has 2 aromatic rings. The maximum Gasteiger partial charge on any atom is 0.255 e. The molecule has 2 bridgehead atoms. The van der Waals surface area contributed by atoms with Crippen molar-refractivity contribution in [3.05, 3.63) is 70.8 Å². The molecule has 1 heterocycles. The maximum atomic E-state index is 13.0. The number of halogens is 1. The number of carbonyl (C=O) groups is 3. The zero-order valence-electron chi connectivity index (χ0n) is 15.8. The van der Waals surface area contributed by atoms with Crippen molar-refractivity contribution in [3.8, 4) is 0 Å². The minimum atomic E-state index is -0.321. The van der Waals surface area contributed by atoms with E-state index in [2.05, 4.69) is 17.5 Å². The fourth-order valence-electron chi connectivity index (χ4n) is 4.88. The second-order valence-corrected chi connectivity index (χ2v) is 8.34. The highest BCUT2D eigenvalue weighted by Crippen LogP contribution is 2.53. The third-order valence-electron chi connectivity index (χ3n) is 6.35. The van der Waals surface area contributed by atoms with Crippen molar-refractivity contribution in [1.29, 1.82) is 0 Å². The molecule has 0 aromatic heterocycles. The van der Waals surface area contributed by atoms with E-state index in [-0.39, 0.29) is 41.4 Å². The van der Waals surface area contributed by atoms with Gasteiger partial charge in [-0.1, -0.05) is 35.9 Å². The van der Waals surface area contributed by atoms with Gasteiger partial charge in [-0.25, -0.2) is 4.90 Å². The second-order valence-electron chi connectivity index (χ2n) is 7.93. The first-order valence-corrected chi connectivity index (χ1v) is 10.1. The van der Waals surface area contributed by atoms with Crippen LogP contribution in [0.4, 0.5) is 11.4 Å². The first-order valence-electron chi connectivity index (χ1n) is 9.68. The number of fused-ring (bicyclic) bond motifs is 5. The van der Waals surface area contributed by atoms with Gasteiger partial charge >= 0.3 is 0 Å². The normalized spacial score (nSPS) is 26.9. The summed E-state index contributed by atoms with van der Waals surface area (Å²) in [5.41, 5.74) is 2.22. The summed E-state index contributed by atoms with van der Waals surface area (Å²) in [6, 6.07) is 12.0. The highest BCUT2D eigenvalue weighted by molar-refractivity contribution is 6.31. The fraction of sp³-hybridized carbons (Fsp3) is 0.261. The molecule has 0 unspecified atom stereocenters. The van der Waals surface area contributed by atoms with E-state index in [9.17, 15) is 14.4 Å². The van der Waals surface area contributed by atoms with Gasteiger partial charge in [0.25, 0.3) is 5.91 Å². The lowest BCUT2D eigenvalue weighted by molar-refractivity contribution is -0.123. The number of benzene rings is 2. The minimum Gasteiger partial charge on any atom is -0.322 e. The number of anilines is 2. The number of nitrogens with one attached hydrogen (secondary N) is 1. The lowest BCUT2D eigenvalue weighted by atomic mass is 9.85. The van der Waals surface area contributed by atoms with Gasteiger partial charge in [0.1, 0.15) is 0 Å². The summed E-state index contributed by atoms with van der Waals surface area (Å²) in [5.74, 6) is -0.834. The van der Waals surface area contributed by atoms with Crippen LogP contribution >= 0.6 is 11.6 Å². The van der Waals surface area contributed by atoms with Crippen LogP contribution in [0.5, 0.6) is 0 Å². The third kappa shape index (κ3) is 2.72. The number of hydrogen-bond donors (Lipinski definition) is 1. The van der Waals surface area contributed by atoms with Crippen LogP contribution in [0.15, 0.2) is 54.6 Å². The minimum absolute atomic E-state index is 0.153. The first kappa shape index (κ1) is 18.1. The predicted molar refractivity (Wildman–Crippen MR) is 111 cm³/mol. The molecule has 0 radical (unpaired) electrons. The standard InChI is InChI=1S/C23H19ClN2O3/c1-12-17(24)6-3-7-18(12)25-21(27)15-4-2-5-16(11-15)26-22(28)19-13-8-9-14(10-13)20(19)23(26)29/h2-9,11,13-14,19-20H,10H2,1H3,(H,25,27)/t13-,14+,19-,20+. The molecule has 3 amide bonds. The molecule has 1 saturated carbocycles. The number of allylic oxidation sites excluding steroid dienone is 2. The Morgan fingerprint density at radius 1 is 1.03 bits per heavy atom. The van der Waals surface area contributed by atoms with Gasteiger partial charge in [0.05, 0.1) is 17.5 Å². The lowest BCUT2D eigenvalue weighted by Gasteiger charge is -2.18. The van der Waals surface area contributed by atoms with Gasteiger partial charge in [-0.2, -0.15) is 0 Å². The van der Waals surface area contributed by atoms with Crippen molar-refractivity contribution in [3.63, 3.8) is 0 Å². The highest BCUT2D eigenvalue weighted by atomic mass is 35.5. The van der Waals surface area contributed by atoms with Crippen LogP contribution in [0.3, 0.4) is 0 Å². The van der Waals surface area contributed by atoms with Crippen LogP contribution in [0, 0.1) is 30.6 Å². The average molecular weight is 407 g/mol. The maximum absolute atomic E-state index is 13.0. The monoisotopic (exact) mass is 406 g/mol. The van der Waals surface area contributed by atoms with Gasteiger partial charge in [-0.3, -0.25) is 14.4 Å². The summed E-state index contributed by atoms with van der Waals surface area (Å²) in [4.78, 5) is 40.0. The van der Waals surface area contributed by atoms with Crippen molar-refractivity contribution in [2.75, 3.05) is 10.2 Å². The molecule has 2 aromatic carbocycles. The van der Waals surface area contributed by atoms with Gasteiger partial charge in [-0.05, 0) is 61.1 Å². The first-order chi connectivity index (χ1) is 14.0. The Kier molecular flexibility index (Phi) is 4.10. The molecular formula is C23H19ClN2O3. The summed E-state index contributed by atoms with van der Waals surface area (Å²) >= 11 is 6.12. The van der Waals surface area contributed by atoms with Crippen LogP contribution in [0.2, 0.25) is 5.02 Å². The van der Waals surface area contributed by atoms with E-state index >= 15 is 0 Å². The van der Waals surface area contributed by atoms with Gasteiger partial charge in [0, 0.05) is 16.3 Å². The number of hydrogen-bond acceptors (Lipinski definition) is 3. The number of rotatable bonds is 3. The van der Waals surface area contributed by atoms with E-state index < -0.39 is 0 Å². The molecule has 29 heavy (non-hydrogen) atoms. The molecule has 5 nitrogen and oxygen atoms in total. The zero-order valence-corrected chi connectivity index (χ0v) is 16.5. The molecule has 4 atom stereocenters. The number of amides is 3. The lowest BCUT2D eigenvalue weighted by Crippen LogP contribution is -2.33. The molecule has 2 fully saturated rings. The van der Waals surface area contributed by atoms with E-state index in [0.717, 1.165) is 12.0 Å². The second kappa shape index (κ2) is 6.56. The van der Waals surface area contributed by atoms with E-state index in [1.165, 1.54) is 4.90 Å². The van der Waals surface area contributed by atoms with Crippen LogP contribution in [-0.2, 0) is 9.59 Å². The summed E-state index contributed by atoms with van der Waals surface area (Å²) in [6.45, 7) is 1.83. The van der Waals surface area contributed by atoms with Crippen LogP contribution in [-0.4, -0.2) is 17.7 Å². The van der Waals surface area contributed by atoms with E-state index in [0.29, 0.717) is 22.0 Å². The topological polar surface area (TPSA) is 66.5 Å². The van der Waals surface area contributed by atoms with Crippen molar-refractivity contribution in [2.24, 2.45) is 23.7 Å². The van der Waals surface area contributed by atoms with Crippen molar-refractivity contribution >= 4 is 40.7 Å². The Labute approximate surface area is 173 Å².